The molecule has 0 heterocycles. The van der Waals surface area contributed by atoms with Crippen molar-refractivity contribution in [2.24, 2.45) is 0 Å². The van der Waals surface area contributed by atoms with Gasteiger partial charge in [0.1, 0.15) is 0 Å². The fourth-order valence-corrected chi connectivity index (χ4v) is 5.62. The lowest BCUT2D eigenvalue weighted by Crippen LogP contribution is -2.18. The van der Waals surface area contributed by atoms with Crippen LogP contribution in [0.1, 0.15) is 36.0 Å². The number of halogens is 1. The lowest BCUT2D eigenvalue weighted by atomic mass is 10.2. The molecule has 0 bridgehead atoms. The molecule has 1 saturated carbocycles. The molecule has 0 radical (unpaired) electrons. The van der Waals surface area contributed by atoms with E-state index in [1.807, 2.05) is 12.3 Å². The first kappa shape index (κ1) is 19.3. The summed E-state index contributed by atoms with van der Waals surface area (Å²) in [5, 5.41) is 2.87. The van der Waals surface area contributed by atoms with Crippen LogP contribution >= 0.6 is 23.4 Å². The Bertz CT molecular complexity index is 905. The van der Waals surface area contributed by atoms with Crippen LogP contribution in [0.25, 0.3) is 0 Å². The van der Waals surface area contributed by atoms with E-state index in [-0.39, 0.29) is 11.2 Å². The van der Waals surface area contributed by atoms with Gasteiger partial charge in [-0.05, 0) is 61.6 Å². The van der Waals surface area contributed by atoms with Crippen LogP contribution in [-0.2, 0) is 9.84 Å². The number of hydrogen-bond acceptors (Lipinski definition) is 4. The zero-order valence-electron chi connectivity index (χ0n) is 14.4. The Labute approximate surface area is 163 Å². The summed E-state index contributed by atoms with van der Waals surface area (Å²) in [6, 6.07) is 11.6. The molecule has 7 heteroatoms. The van der Waals surface area contributed by atoms with E-state index in [0.29, 0.717) is 21.2 Å². The lowest BCUT2D eigenvalue weighted by molar-refractivity contribution is 0.102. The van der Waals surface area contributed by atoms with Gasteiger partial charge in [0.25, 0.3) is 5.91 Å². The van der Waals surface area contributed by atoms with Crippen LogP contribution in [0.5, 0.6) is 0 Å². The number of hydrogen-bond donors (Lipinski definition) is 1. The van der Waals surface area contributed by atoms with Crippen molar-refractivity contribution >= 4 is 44.8 Å². The summed E-state index contributed by atoms with van der Waals surface area (Å²) in [4.78, 5) is 13.7. The molecule has 0 aliphatic heterocycles. The van der Waals surface area contributed by atoms with Crippen molar-refractivity contribution in [3.05, 3.63) is 53.1 Å². The van der Waals surface area contributed by atoms with Crippen molar-refractivity contribution in [1.82, 2.24) is 0 Å². The monoisotopic (exact) mass is 409 g/mol. The molecule has 1 fully saturated rings. The number of thioether (sulfide) groups is 1. The smallest absolute Gasteiger partial charge is 0.257 e. The third kappa shape index (κ3) is 4.08. The van der Waals surface area contributed by atoms with Gasteiger partial charge in [0.15, 0.2) is 9.84 Å². The summed E-state index contributed by atoms with van der Waals surface area (Å²) in [5.74, 6) is -0.322. The minimum atomic E-state index is -3.29. The van der Waals surface area contributed by atoms with E-state index in [1.165, 1.54) is 11.8 Å². The van der Waals surface area contributed by atoms with Gasteiger partial charge in [0.05, 0.1) is 20.7 Å². The van der Waals surface area contributed by atoms with Crippen LogP contribution in [0.15, 0.2) is 52.3 Å². The highest BCUT2D eigenvalue weighted by atomic mass is 35.5. The van der Waals surface area contributed by atoms with Gasteiger partial charge in [0, 0.05) is 10.6 Å². The van der Waals surface area contributed by atoms with E-state index in [4.69, 9.17) is 11.6 Å². The molecule has 4 nitrogen and oxygen atoms in total. The molecular formula is C19H20ClNO3S2. The Kier molecular flexibility index (Phi) is 5.95. The number of benzene rings is 2. The maximum atomic E-state index is 12.6. The first-order valence-electron chi connectivity index (χ1n) is 8.40. The Morgan fingerprint density at radius 3 is 2.38 bits per heavy atom. The molecule has 0 saturated heterocycles. The molecule has 3 rings (SSSR count). The van der Waals surface area contributed by atoms with Crippen molar-refractivity contribution < 1.29 is 13.2 Å². The number of carbonyl (C=O) groups excluding carboxylic acids is 1. The molecule has 26 heavy (non-hydrogen) atoms. The topological polar surface area (TPSA) is 63.2 Å². The molecule has 1 aliphatic rings. The number of amides is 1. The number of rotatable bonds is 5. The van der Waals surface area contributed by atoms with Crippen LogP contribution < -0.4 is 5.32 Å². The first-order chi connectivity index (χ1) is 12.4. The first-order valence-corrected chi connectivity index (χ1v) is 11.6. The van der Waals surface area contributed by atoms with E-state index in [9.17, 15) is 13.2 Å². The minimum Gasteiger partial charge on any atom is -0.322 e. The van der Waals surface area contributed by atoms with Gasteiger partial charge >= 0.3 is 0 Å². The van der Waals surface area contributed by atoms with Crippen molar-refractivity contribution in [3.63, 3.8) is 0 Å². The standard InChI is InChI=1S/C19H20ClNO3S2/c1-25-14-8-11-18(20)17(12-14)19(22)21-13-6-9-16(10-7-13)26(23,24)15-4-2-3-5-15/h6-12,15H,2-5H2,1H3,(H,21,22). The average molecular weight is 410 g/mol. The quantitative estimate of drug-likeness (QED) is 0.703. The van der Waals surface area contributed by atoms with Gasteiger partial charge < -0.3 is 5.32 Å². The summed E-state index contributed by atoms with van der Waals surface area (Å²) < 4.78 is 25.2. The third-order valence-electron chi connectivity index (χ3n) is 4.60. The van der Waals surface area contributed by atoms with Crippen LogP contribution in [0.2, 0.25) is 5.02 Å². The Morgan fingerprint density at radius 1 is 1.12 bits per heavy atom. The van der Waals surface area contributed by atoms with Crippen molar-refractivity contribution in [2.75, 3.05) is 11.6 Å². The predicted molar refractivity (Wildman–Crippen MR) is 107 cm³/mol. The van der Waals surface area contributed by atoms with Crippen LogP contribution in [0.4, 0.5) is 5.69 Å². The highest BCUT2D eigenvalue weighted by Gasteiger charge is 2.30. The van der Waals surface area contributed by atoms with Gasteiger partial charge in [-0.25, -0.2) is 8.42 Å². The maximum absolute atomic E-state index is 12.6. The second-order valence-corrected chi connectivity index (χ2v) is 9.79. The second-order valence-electron chi connectivity index (χ2n) is 6.28. The molecule has 1 N–H and O–H groups in total. The van der Waals surface area contributed by atoms with Crippen molar-refractivity contribution in [1.29, 1.82) is 0 Å². The largest absolute Gasteiger partial charge is 0.322 e. The van der Waals surface area contributed by atoms with E-state index < -0.39 is 9.84 Å². The van der Waals surface area contributed by atoms with Gasteiger partial charge in [-0.15, -0.1) is 11.8 Å². The normalized spacial score (nSPS) is 15.2. The summed E-state index contributed by atoms with van der Waals surface area (Å²) in [6.07, 6.45) is 5.31. The minimum absolute atomic E-state index is 0.281. The van der Waals surface area contributed by atoms with Crippen molar-refractivity contribution in [3.8, 4) is 0 Å². The predicted octanol–water partition coefficient (Wildman–Crippen LogP) is 5.03. The molecule has 0 atom stereocenters. The van der Waals surface area contributed by atoms with Gasteiger partial charge in [-0.2, -0.15) is 0 Å². The number of anilines is 1. The number of carbonyl (C=O) groups is 1. The van der Waals surface area contributed by atoms with E-state index in [0.717, 1.165) is 30.6 Å². The Morgan fingerprint density at radius 2 is 1.77 bits per heavy atom. The highest BCUT2D eigenvalue weighted by molar-refractivity contribution is 7.98. The fraction of sp³-hybridized carbons (Fsp3) is 0.316. The molecule has 2 aromatic carbocycles. The van der Waals surface area contributed by atoms with Gasteiger partial charge in [-0.3, -0.25) is 4.79 Å². The third-order valence-corrected chi connectivity index (χ3v) is 7.93. The summed E-state index contributed by atoms with van der Waals surface area (Å²) in [5.41, 5.74) is 0.923. The van der Waals surface area contributed by atoms with Crippen LogP contribution in [-0.4, -0.2) is 25.8 Å². The molecule has 1 aliphatic carbocycles. The zero-order chi connectivity index (χ0) is 18.7. The van der Waals surface area contributed by atoms with Gasteiger partial charge in [0.2, 0.25) is 0 Å². The summed E-state index contributed by atoms with van der Waals surface area (Å²) in [6.45, 7) is 0. The maximum Gasteiger partial charge on any atom is 0.257 e. The molecule has 2 aromatic rings. The van der Waals surface area contributed by atoms with E-state index in [2.05, 4.69) is 5.32 Å². The SMILES string of the molecule is CSc1ccc(Cl)c(C(=O)Nc2ccc(S(=O)(=O)C3CCCC3)cc2)c1. The van der Waals surface area contributed by atoms with Crippen LogP contribution in [0.3, 0.4) is 0 Å². The molecule has 1 amide bonds. The van der Waals surface area contributed by atoms with Crippen LogP contribution in [0, 0.1) is 0 Å². The zero-order valence-corrected chi connectivity index (χ0v) is 16.8. The lowest BCUT2D eigenvalue weighted by Gasteiger charge is -2.12. The average Bonchev–Trinajstić information content (AvgIpc) is 3.18. The molecular weight excluding hydrogens is 390 g/mol. The number of sulfone groups is 1. The highest BCUT2D eigenvalue weighted by Crippen LogP contribution is 2.30. The second kappa shape index (κ2) is 8.03. The summed E-state index contributed by atoms with van der Waals surface area (Å²) >= 11 is 7.65. The van der Waals surface area contributed by atoms with E-state index in [1.54, 1.807) is 36.4 Å². The molecule has 0 spiro atoms. The molecule has 0 unspecified atom stereocenters. The summed E-state index contributed by atoms with van der Waals surface area (Å²) in [7, 11) is -3.29. The van der Waals surface area contributed by atoms with Crippen molar-refractivity contribution in [2.45, 2.75) is 40.7 Å². The Hall–Kier alpha value is -1.50. The Balaban J connectivity index is 1.76. The molecule has 138 valence electrons. The fourth-order valence-electron chi connectivity index (χ4n) is 3.12. The molecule has 0 aromatic heterocycles. The van der Waals surface area contributed by atoms with E-state index >= 15 is 0 Å². The number of nitrogens with one attached hydrogen (secondary N) is 1. The van der Waals surface area contributed by atoms with Gasteiger partial charge in [-0.1, -0.05) is 24.4 Å².